The van der Waals surface area contributed by atoms with Gasteiger partial charge in [-0.05, 0) is 24.1 Å². The van der Waals surface area contributed by atoms with E-state index in [1.165, 1.54) is 11.8 Å². The van der Waals surface area contributed by atoms with Crippen molar-refractivity contribution < 1.29 is 0 Å². The Kier molecular flexibility index (Phi) is 5.44. The molecule has 0 radical (unpaired) electrons. The topological polar surface area (TPSA) is 104 Å². The van der Waals surface area contributed by atoms with Gasteiger partial charge in [-0.3, -0.25) is 0 Å². The number of nitrogens with two attached hydrogens (primary N) is 3. The summed E-state index contributed by atoms with van der Waals surface area (Å²) >= 11 is 4.92. The Morgan fingerprint density at radius 1 is 1.14 bits per heavy atom. The summed E-state index contributed by atoms with van der Waals surface area (Å²) in [5.74, 6) is 0.731. The lowest BCUT2D eigenvalue weighted by atomic mass is 10.0. The van der Waals surface area contributed by atoms with E-state index in [0.717, 1.165) is 16.5 Å². The summed E-state index contributed by atoms with van der Waals surface area (Å²) < 4.78 is 1.03. The Morgan fingerprint density at radius 3 is 2.24 bits per heavy atom. The molecule has 1 aromatic carbocycles. The molecule has 21 heavy (non-hydrogen) atoms. The lowest BCUT2D eigenvalue weighted by molar-refractivity contribution is 0.632. The van der Waals surface area contributed by atoms with Gasteiger partial charge in [0, 0.05) is 16.6 Å². The molecule has 5 nitrogen and oxygen atoms in total. The van der Waals surface area contributed by atoms with E-state index in [0.29, 0.717) is 16.8 Å². The van der Waals surface area contributed by atoms with Crippen LogP contribution in [0, 0.1) is 0 Å². The SMILES string of the molecule is CCC(N)C(Sc1nc(N)cc(N)n1)c1ccc(Br)cc1. The van der Waals surface area contributed by atoms with Crippen LogP contribution in [0.4, 0.5) is 11.6 Å². The lowest BCUT2D eigenvalue weighted by Gasteiger charge is -2.22. The molecule has 112 valence electrons. The molecular formula is C14H18BrN5S. The molecule has 0 amide bonds. The van der Waals surface area contributed by atoms with Crippen molar-refractivity contribution in [2.75, 3.05) is 11.5 Å². The van der Waals surface area contributed by atoms with Crippen LogP contribution >= 0.6 is 27.7 Å². The van der Waals surface area contributed by atoms with Crippen molar-refractivity contribution in [3.8, 4) is 0 Å². The van der Waals surface area contributed by atoms with Crippen molar-refractivity contribution in [2.24, 2.45) is 5.73 Å². The van der Waals surface area contributed by atoms with E-state index < -0.39 is 0 Å². The predicted octanol–water partition coefficient (Wildman–Crippen LogP) is 2.97. The van der Waals surface area contributed by atoms with Crippen LogP contribution in [-0.2, 0) is 0 Å². The maximum Gasteiger partial charge on any atom is 0.192 e. The fourth-order valence-corrected chi connectivity index (χ4v) is 3.37. The largest absolute Gasteiger partial charge is 0.383 e. The highest BCUT2D eigenvalue weighted by atomic mass is 79.9. The van der Waals surface area contributed by atoms with Gasteiger partial charge < -0.3 is 17.2 Å². The van der Waals surface area contributed by atoms with Gasteiger partial charge in [0.15, 0.2) is 5.16 Å². The zero-order chi connectivity index (χ0) is 15.4. The Balaban J connectivity index is 2.30. The van der Waals surface area contributed by atoms with Crippen molar-refractivity contribution in [3.63, 3.8) is 0 Å². The summed E-state index contributed by atoms with van der Waals surface area (Å²) in [5, 5.41) is 0.591. The fourth-order valence-electron chi connectivity index (χ4n) is 1.90. The number of aromatic nitrogens is 2. The molecule has 2 aromatic rings. The first kappa shape index (κ1) is 16.1. The molecule has 0 aliphatic heterocycles. The van der Waals surface area contributed by atoms with E-state index in [2.05, 4.69) is 32.8 Å². The van der Waals surface area contributed by atoms with Gasteiger partial charge in [-0.25, -0.2) is 9.97 Å². The Hall–Kier alpha value is -1.31. The minimum Gasteiger partial charge on any atom is -0.383 e. The molecule has 0 aliphatic carbocycles. The lowest BCUT2D eigenvalue weighted by Crippen LogP contribution is -2.25. The molecule has 0 bridgehead atoms. The van der Waals surface area contributed by atoms with Crippen LogP contribution < -0.4 is 17.2 Å². The zero-order valence-electron chi connectivity index (χ0n) is 11.7. The van der Waals surface area contributed by atoms with E-state index in [4.69, 9.17) is 17.2 Å². The molecule has 0 spiro atoms. The van der Waals surface area contributed by atoms with E-state index in [-0.39, 0.29) is 11.3 Å². The van der Waals surface area contributed by atoms with Crippen LogP contribution in [-0.4, -0.2) is 16.0 Å². The predicted molar refractivity (Wildman–Crippen MR) is 91.9 cm³/mol. The molecule has 1 aromatic heterocycles. The third kappa shape index (κ3) is 4.33. The Labute approximate surface area is 136 Å². The summed E-state index contributed by atoms with van der Waals surface area (Å²) in [5.41, 5.74) is 18.8. The van der Waals surface area contributed by atoms with Crippen molar-refractivity contribution in [1.29, 1.82) is 0 Å². The first-order valence-corrected chi connectivity index (χ1v) is 8.24. The summed E-state index contributed by atoms with van der Waals surface area (Å²) in [4.78, 5) is 8.44. The average Bonchev–Trinajstić information content (AvgIpc) is 2.44. The minimum atomic E-state index is -0.0116. The highest BCUT2D eigenvalue weighted by molar-refractivity contribution is 9.10. The number of rotatable bonds is 5. The number of thioether (sulfide) groups is 1. The fraction of sp³-hybridized carbons (Fsp3) is 0.286. The number of hydrogen-bond acceptors (Lipinski definition) is 6. The minimum absolute atomic E-state index is 0.0116. The third-order valence-corrected chi connectivity index (χ3v) is 4.83. The van der Waals surface area contributed by atoms with Crippen LogP contribution in [0.2, 0.25) is 0 Å². The molecule has 0 saturated carbocycles. The number of nitrogen functional groups attached to an aromatic ring is 2. The highest BCUT2D eigenvalue weighted by Gasteiger charge is 2.21. The van der Waals surface area contributed by atoms with Crippen molar-refractivity contribution >= 4 is 39.3 Å². The van der Waals surface area contributed by atoms with Crippen LogP contribution in [0.25, 0.3) is 0 Å². The van der Waals surface area contributed by atoms with Crippen molar-refractivity contribution in [3.05, 3.63) is 40.4 Å². The van der Waals surface area contributed by atoms with Crippen molar-refractivity contribution in [1.82, 2.24) is 9.97 Å². The second-order valence-electron chi connectivity index (χ2n) is 4.66. The van der Waals surface area contributed by atoms with Crippen LogP contribution in [0.1, 0.15) is 24.2 Å². The van der Waals surface area contributed by atoms with Gasteiger partial charge in [0.1, 0.15) is 11.6 Å². The standard InChI is InChI=1S/C14H18BrN5S/c1-2-10(16)13(8-3-5-9(15)6-4-8)21-14-19-11(17)7-12(18)20-14/h3-7,10,13H,2,16H2,1H3,(H4,17,18,19,20). The van der Waals surface area contributed by atoms with Gasteiger partial charge in [0.25, 0.3) is 0 Å². The highest BCUT2D eigenvalue weighted by Crippen LogP contribution is 2.37. The first-order chi connectivity index (χ1) is 9.99. The van der Waals surface area contributed by atoms with Gasteiger partial charge in [-0.15, -0.1) is 0 Å². The molecule has 0 saturated heterocycles. The third-order valence-electron chi connectivity index (χ3n) is 3.04. The molecular weight excluding hydrogens is 350 g/mol. The van der Waals surface area contributed by atoms with Gasteiger partial charge in [0.05, 0.1) is 5.25 Å². The summed E-state index contributed by atoms with van der Waals surface area (Å²) in [6.07, 6.45) is 0.853. The van der Waals surface area contributed by atoms with Crippen LogP contribution in [0.5, 0.6) is 0 Å². The Morgan fingerprint density at radius 2 is 1.71 bits per heavy atom. The van der Waals surface area contributed by atoms with Gasteiger partial charge in [0.2, 0.25) is 0 Å². The second-order valence-corrected chi connectivity index (χ2v) is 6.69. The quantitative estimate of drug-likeness (QED) is 0.554. The zero-order valence-corrected chi connectivity index (χ0v) is 14.1. The molecule has 2 atom stereocenters. The molecule has 0 fully saturated rings. The molecule has 2 unspecified atom stereocenters. The summed E-state index contributed by atoms with van der Waals surface area (Å²) in [7, 11) is 0. The van der Waals surface area contributed by atoms with Crippen LogP contribution in [0.15, 0.2) is 40.0 Å². The summed E-state index contributed by atoms with van der Waals surface area (Å²) in [6, 6.07) is 9.63. The van der Waals surface area contributed by atoms with E-state index in [1.807, 2.05) is 24.3 Å². The van der Waals surface area contributed by atoms with E-state index >= 15 is 0 Å². The maximum absolute atomic E-state index is 6.26. The average molecular weight is 368 g/mol. The van der Waals surface area contributed by atoms with Gasteiger partial charge in [-0.1, -0.05) is 46.7 Å². The normalized spacial score (nSPS) is 13.9. The number of halogens is 1. The molecule has 6 N–H and O–H groups in total. The number of benzene rings is 1. The van der Waals surface area contributed by atoms with E-state index in [9.17, 15) is 0 Å². The molecule has 7 heteroatoms. The number of anilines is 2. The van der Waals surface area contributed by atoms with Gasteiger partial charge >= 0.3 is 0 Å². The second kappa shape index (κ2) is 7.11. The van der Waals surface area contributed by atoms with Crippen molar-refractivity contribution in [2.45, 2.75) is 29.8 Å². The molecule has 0 aliphatic rings. The van der Waals surface area contributed by atoms with E-state index in [1.54, 1.807) is 6.07 Å². The van der Waals surface area contributed by atoms with Gasteiger partial charge in [-0.2, -0.15) is 0 Å². The molecule has 1 heterocycles. The maximum atomic E-state index is 6.26. The number of hydrogen-bond donors (Lipinski definition) is 3. The smallest absolute Gasteiger partial charge is 0.192 e. The molecule has 2 rings (SSSR count). The monoisotopic (exact) mass is 367 g/mol. The summed E-state index contributed by atoms with van der Waals surface area (Å²) in [6.45, 7) is 2.06. The Bertz CT molecular complexity index is 585. The number of nitrogens with zero attached hydrogens (tertiary/aromatic N) is 2. The first-order valence-electron chi connectivity index (χ1n) is 6.57. The van der Waals surface area contributed by atoms with Crippen LogP contribution in [0.3, 0.4) is 0 Å².